The number of aromatic nitrogens is 2. The third-order valence-corrected chi connectivity index (χ3v) is 5.40. The van der Waals surface area contributed by atoms with Crippen LogP contribution in [-0.4, -0.2) is 39.7 Å². The summed E-state index contributed by atoms with van der Waals surface area (Å²) in [5.41, 5.74) is 1.94. The third-order valence-electron chi connectivity index (χ3n) is 5.40. The van der Waals surface area contributed by atoms with Crippen molar-refractivity contribution in [3.8, 4) is 0 Å². The number of nitrogens with zero attached hydrogens (tertiary/aromatic N) is 3. The first-order chi connectivity index (χ1) is 12.2. The van der Waals surface area contributed by atoms with E-state index in [0.717, 1.165) is 41.9 Å². The van der Waals surface area contributed by atoms with E-state index in [2.05, 4.69) is 22.0 Å². The maximum absolute atomic E-state index is 11.0. The highest BCUT2D eigenvalue weighted by atomic mass is 16.6. The van der Waals surface area contributed by atoms with E-state index in [1.165, 1.54) is 51.3 Å². The lowest BCUT2D eigenvalue weighted by atomic mass is 9.91. The van der Waals surface area contributed by atoms with E-state index in [1.807, 2.05) is 0 Å². The Bertz CT molecular complexity index is 705. The van der Waals surface area contributed by atoms with Gasteiger partial charge in [-0.05, 0) is 57.3 Å². The van der Waals surface area contributed by atoms with Crippen molar-refractivity contribution < 1.29 is 4.92 Å². The lowest BCUT2D eigenvalue weighted by Crippen LogP contribution is -2.34. The smallest absolute Gasteiger partial charge is 0.270 e. The number of nitro groups is 1. The molecule has 0 amide bonds. The fraction of sp³-hybridized carbons (Fsp3) is 0.632. The topological polar surface area (TPSA) is 75.1 Å². The fourth-order valence-electron chi connectivity index (χ4n) is 3.82. The molecule has 6 nitrogen and oxygen atoms in total. The average Bonchev–Trinajstić information content (AvgIpc) is 3.03. The zero-order valence-electron chi connectivity index (χ0n) is 15.0. The summed E-state index contributed by atoms with van der Waals surface area (Å²) in [6.45, 7) is 5.77. The summed E-state index contributed by atoms with van der Waals surface area (Å²) in [5.74, 6) is 0.923. The van der Waals surface area contributed by atoms with Gasteiger partial charge in [0.15, 0.2) is 0 Å². The number of aryl methyl sites for hydroxylation is 1. The lowest BCUT2D eigenvalue weighted by Gasteiger charge is -2.31. The number of benzene rings is 1. The van der Waals surface area contributed by atoms with Crippen LogP contribution in [0.15, 0.2) is 18.2 Å². The van der Waals surface area contributed by atoms with E-state index < -0.39 is 0 Å². The molecule has 0 bridgehead atoms. The van der Waals surface area contributed by atoms with Gasteiger partial charge < -0.3 is 4.90 Å². The minimum absolute atomic E-state index is 0.129. The molecule has 1 N–H and O–H groups in total. The maximum Gasteiger partial charge on any atom is 0.270 e. The van der Waals surface area contributed by atoms with E-state index in [4.69, 9.17) is 0 Å². The average molecular weight is 344 g/mol. The summed E-state index contributed by atoms with van der Waals surface area (Å²) < 4.78 is 0. The number of hydrogen-bond acceptors (Lipinski definition) is 4. The SMILES string of the molecule is CCCCC1CCN(CCCc2n[nH]c3ccc([N+](=O)[O-])cc23)CC1. The van der Waals surface area contributed by atoms with Gasteiger partial charge in [0.2, 0.25) is 0 Å². The van der Waals surface area contributed by atoms with Crippen LogP contribution < -0.4 is 0 Å². The summed E-state index contributed by atoms with van der Waals surface area (Å²) in [4.78, 5) is 13.2. The molecule has 2 heterocycles. The molecule has 0 atom stereocenters. The summed E-state index contributed by atoms with van der Waals surface area (Å²) in [6.07, 6.45) is 8.62. The van der Waals surface area contributed by atoms with Crippen LogP contribution in [0.25, 0.3) is 10.9 Å². The molecular formula is C19H28N4O2. The van der Waals surface area contributed by atoms with Gasteiger partial charge in [-0.3, -0.25) is 15.2 Å². The van der Waals surface area contributed by atoms with E-state index in [9.17, 15) is 10.1 Å². The molecule has 0 aliphatic carbocycles. The van der Waals surface area contributed by atoms with Gasteiger partial charge in [0.1, 0.15) is 0 Å². The predicted molar refractivity (Wildman–Crippen MR) is 99.8 cm³/mol. The van der Waals surface area contributed by atoms with Gasteiger partial charge in [0.05, 0.1) is 16.1 Å². The minimum Gasteiger partial charge on any atom is -0.303 e. The van der Waals surface area contributed by atoms with Gasteiger partial charge >= 0.3 is 0 Å². The highest BCUT2D eigenvalue weighted by molar-refractivity contribution is 5.83. The molecule has 0 unspecified atom stereocenters. The molecule has 1 aromatic heterocycles. The lowest BCUT2D eigenvalue weighted by molar-refractivity contribution is -0.384. The van der Waals surface area contributed by atoms with E-state index in [1.54, 1.807) is 12.1 Å². The van der Waals surface area contributed by atoms with Gasteiger partial charge in [-0.25, -0.2) is 0 Å². The van der Waals surface area contributed by atoms with Gasteiger partial charge in [-0.15, -0.1) is 0 Å². The molecule has 1 fully saturated rings. The number of aromatic amines is 1. The molecular weight excluding hydrogens is 316 g/mol. The van der Waals surface area contributed by atoms with Crippen LogP contribution in [0.3, 0.4) is 0 Å². The van der Waals surface area contributed by atoms with Crippen molar-refractivity contribution in [2.75, 3.05) is 19.6 Å². The summed E-state index contributed by atoms with van der Waals surface area (Å²) in [5, 5.41) is 19.2. The van der Waals surface area contributed by atoms with Gasteiger partial charge in [-0.2, -0.15) is 5.10 Å². The Balaban J connectivity index is 1.49. The highest BCUT2D eigenvalue weighted by Gasteiger charge is 2.18. The Morgan fingerprint density at radius 3 is 2.84 bits per heavy atom. The first-order valence-electron chi connectivity index (χ1n) is 9.51. The Morgan fingerprint density at radius 1 is 1.32 bits per heavy atom. The first kappa shape index (κ1) is 17.9. The number of fused-ring (bicyclic) bond motifs is 1. The van der Waals surface area contributed by atoms with Crippen LogP contribution in [0.4, 0.5) is 5.69 Å². The van der Waals surface area contributed by atoms with Crippen molar-refractivity contribution in [3.63, 3.8) is 0 Å². The van der Waals surface area contributed by atoms with Crippen molar-refractivity contribution >= 4 is 16.6 Å². The quantitative estimate of drug-likeness (QED) is 0.572. The predicted octanol–water partition coefficient (Wildman–Crippen LogP) is 4.31. The number of H-pyrrole nitrogens is 1. The zero-order valence-corrected chi connectivity index (χ0v) is 15.0. The Kier molecular flexibility index (Phi) is 6.02. The van der Waals surface area contributed by atoms with Crippen LogP contribution in [-0.2, 0) is 6.42 Å². The second kappa shape index (κ2) is 8.43. The Hall–Kier alpha value is -1.95. The number of likely N-dealkylation sites (tertiary alicyclic amines) is 1. The molecule has 136 valence electrons. The Morgan fingerprint density at radius 2 is 2.12 bits per heavy atom. The number of rotatable bonds is 8. The van der Waals surface area contributed by atoms with Crippen LogP contribution >= 0.6 is 0 Å². The summed E-state index contributed by atoms with van der Waals surface area (Å²) >= 11 is 0. The van der Waals surface area contributed by atoms with E-state index in [0.29, 0.717) is 0 Å². The third kappa shape index (κ3) is 4.57. The summed E-state index contributed by atoms with van der Waals surface area (Å²) in [6, 6.07) is 4.89. The van der Waals surface area contributed by atoms with E-state index >= 15 is 0 Å². The minimum atomic E-state index is -0.348. The Labute approximate surface area is 148 Å². The zero-order chi connectivity index (χ0) is 17.6. The molecule has 1 aliphatic heterocycles. The van der Waals surface area contributed by atoms with Gasteiger partial charge in [-0.1, -0.05) is 26.2 Å². The highest BCUT2D eigenvalue weighted by Crippen LogP contribution is 2.24. The normalized spacial score (nSPS) is 16.5. The molecule has 25 heavy (non-hydrogen) atoms. The molecule has 6 heteroatoms. The number of hydrogen-bond donors (Lipinski definition) is 1. The number of nitro benzene ring substituents is 1. The molecule has 0 radical (unpaired) electrons. The number of non-ortho nitro benzene ring substituents is 1. The van der Waals surface area contributed by atoms with Gasteiger partial charge in [0.25, 0.3) is 5.69 Å². The second-order valence-corrected chi connectivity index (χ2v) is 7.19. The van der Waals surface area contributed by atoms with Crippen molar-refractivity contribution in [3.05, 3.63) is 34.0 Å². The number of nitrogens with one attached hydrogen (secondary N) is 1. The largest absolute Gasteiger partial charge is 0.303 e. The first-order valence-corrected chi connectivity index (χ1v) is 9.51. The maximum atomic E-state index is 11.0. The fourth-order valence-corrected chi connectivity index (χ4v) is 3.82. The van der Waals surface area contributed by atoms with Crippen LogP contribution in [0, 0.1) is 16.0 Å². The van der Waals surface area contributed by atoms with Crippen molar-refractivity contribution in [2.24, 2.45) is 5.92 Å². The van der Waals surface area contributed by atoms with Crippen molar-refractivity contribution in [1.29, 1.82) is 0 Å². The molecule has 1 aromatic carbocycles. The molecule has 1 saturated heterocycles. The number of piperidine rings is 1. The molecule has 0 saturated carbocycles. The standard InChI is InChI=1S/C19H28N4O2/c1-2-3-5-15-9-12-22(13-10-15)11-4-6-18-17-14-16(23(24)25)7-8-19(17)21-20-18/h7-8,14-15H,2-6,9-13H2,1H3,(H,20,21). The van der Waals surface area contributed by atoms with Crippen molar-refractivity contribution in [1.82, 2.24) is 15.1 Å². The van der Waals surface area contributed by atoms with E-state index in [-0.39, 0.29) is 10.6 Å². The van der Waals surface area contributed by atoms with Crippen LogP contribution in [0.2, 0.25) is 0 Å². The van der Waals surface area contributed by atoms with Crippen LogP contribution in [0.5, 0.6) is 0 Å². The molecule has 1 aliphatic rings. The molecule has 2 aromatic rings. The summed E-state index contributed by atoms with van der Waals surface area (Å²) in [7, 11) is 0. The monoisotopic (exact) mass is 344 g/mol. The molecule has 3 rings (SSSR count). The van der Waals surface area contributed by atoms with Crippen molar-refractivity contribution in [2.45, 2.75) is 51.9 Å². The van der Waals surface area contributed by atoms with Crippen LogP contribution in [0.1, 0.15) is 51.1 Å². The van der Waals surface area contributed by atoms with Gasteiger partial charge in [0, 0.05) is 17.5 Å². The number of unbranched alkanes of at least 4 members (excludes halogenated alkanes) is 1. The second-order valence-electron chi connectivity index (χ2n) is 7.19. The molecule has 0 spiro atoms.